The monoisotopic (exact) mass is 257 g/mol. The summed E-state index contributed by atoms with van der Waals surface area (Å²) in [5.74, 6) is 1.84. The van der Waals surface area contributed by atoms with Crippen molar-refractivity contribution >= 4 is 16.6 Å². The highest BCUT2D eigenvalue weighted by Gasteiger charge is 2.14. The molecule has 1 unspecified atom stereocenters. The molecule has 2 N–H and O–H groups in total. The predicted molar refractivity (Wildman–Crippen MR) is 77.8 cm³/mol. The van der Waals surface area contributed by atoms with Crippen LogP contribution in [-0.4, -0.2) is 31.2 Å². The number of anilines is 1. The van der Waals surface area contributed by atoms with E-state index in [0.717, 1.165) is 35.4 Å². The van der Waals surface area contributed by atoms with Crippen molar-refractivity contribution in [2.75, 3.05) is 25.5 Å². The van der Waals surface area contributed by atoms with E-state index in [1.807, 2.05) is 24.4 Å². The number of hydrogen-bond donors (Lipinski definition) is 2. The maximum Gasteiger partial charge on any atom is 0.134 e. The Morgan fingerprint density at radius 3 is 3.05 bits per heavy atom. The number of fused-ring (bicyclic) bond motifs is 1. The first-order valence-electron chi connectivity index (χ1n) is 6.77. The first kappa shape index (κ1) is 12.2. The zero-order valence-electron chi connectivity index (χ0n) is 11.1. The second-order valence-electron chi connectivity index (χ2n) is 4.90. The van der Waals surface area contributed by atoms with Gasteiger partial charge in [-0.2, -0.15) is 0 Å². The number of aromatic nitrogens is 1. The van der Waals surface area contributed by atoms with Gasteiger partial charge >= 0.3 is 0 Å². The van der Waals surface area contributed by atoms with Crippen LogP contribution < -0.4 is 15.4 Å². The molecule has 0 spiro atoms. The second kappa shape index (κ2) is 5.45. The highest BCUT2D eigenvalue weighted by atomic mass is 16.5. The number of nitrogens with zero attached hydrogens (tertiary/aromatic N) is 1. The van der Waals surface area contributed by atoms with Gasteiger partial charge in [0.25, 0.3) is 0 Å². The van der Waals surface area contributed by atoms with Crippen LogP contribution in [0.25, 0.3) is 10.8 Å². The maximum atomic E-state index is 5.40. The van der Waals surface area contributed by atoms with E-state index in [9.17, 15) is 0 Å². The molecular weight excluding hydrogens is 238 g/mol. The van der Waals surface area contributed by atoms with Crippen LogP contribution in [0.5, 0.6) is 5.75 Å². The molecule has 1 aliphatic rings. The van der Waals surface area contributed by atoms with E-state index in [4.69, 9.17) is 4.74 Å². The van der Waals surface area contributed by atoms with E-state index in [2.05, 4.69) is 21.7 Å². The molecule has 0 amide bonds. The zero-order valence-corrected chi connectivity index (χ0v) is 11.1. The van der Waals surface area contributed by atoms with Crippen molar-refractivity contribution in [2.45, 2.75) is 18.9 Å². The van der Waals surface area contributed by atoms with E-state index < -0.39 is 0 Å². The minimum Gasteiger partial charge on any atom is -0.496 e. The van der Waals surface area contributed by atoms with Crippen LogP contribution >= 0.6 is 0 Å². The molecule has 1 atom stereocenters. The number of methoxy groups -OCH3 is 1. The van der Waals surface area contributed by atoms with Gasteiger partial charge in [-0.05, 0) is 31.5 Å². The van der Waals surface area contributed by atoms with E-state index >= 15 is 0 Å². The van der Waals surface area contributed by atoms with Crippen molar-refractivity contribution in [3.63, 3.8) is 0 Å². The van der Waals surface area contributed by atoms with Crippen LogP contribution in [0.1, 0.15) is 12.8 Å². The number of piperidine rings is 1. The van der Waals surface area contributed by atoms with E-state index in [0.29, 0.717) is 6.04 Å². The van der Waals surface area contributed by atoms with Crippen LogP contribution in [0.4, 0.5) is 5.82 Å². The van der Waals surface area contributed by atoms with Crippen molar-refractivity contribution in [3.8, 4) is 5.75 Å². The number of rotatable bonds is 3. The Kier molecular flexibility index (Phi) is 3.51. The average molecular weight is 257 g/mol. The van der Waals surface area contributed by atoms with Crippen LogP contribution in [0, 0.1) is 0 Å². The standard InChI is InChI=1S/C15H19N3O/c1-19-14-6-2-5-13-12(14)7-9-17-15(13)18-11-4-3-8-16-10-11/h2,5-7,9,11,16H,3-4,8,10H2,1H3,(H,17,18). The van der Waals surface area contributed by atoms with Gasteiger partial charge in [-0.25, -0.2) is 4.98 Å². The molecule has 3 rings (SSSR count). The molecule has 100 valence electrons. The largest absolute Gasteiger partial charge is 0.496 e. The lowest BCUT2D eigenvalue weighted by molar-refractivity contribution is 0.420. The molecule has 1 aliphatic heterocycles. The second-order valence-corrected chi connectivity index (χ2v) is 4.90. The third-order valence-corrected chi connectivity index (χ3v) is 3.62. The fourth-order valence-corrected chi connectivity index (χ4v) is 2.64. The normalized spacial score (nSPS) is 19.3. The molecule has 0 aliphatic carbocycles. The summed E-state index contributed by atoms with van der Waals surface area (Å²) in [7, 11) is 1.70. The molecule has 2 heterocycles. The molecule has 1 aromatic heterocycles. The summed E-state index contributed by atoms with van der Waals surface area (Å²) < 4.78 is 5.40. The van der Waals surface area contributed by atoms with Gasteiger partial charge in [0.1, 0.15) is 11.6 Å². The summed E-state index contributed by atoms with van der Waals surface area (Å²) in [6.45, 7) is 2.12. The highest BCUT2D eigenvalue weighted by molar-refractivity contribution is 5.95. The lowest BCUT2D eigenvalue weighted by Gasteiger charge is -2.24. The van der Waals surface area contributed by atoms with Gasteiger partial charge in [-0.3, -0.25) is 0 Å². The molecule has 0 saturated carbocycles. The summed E-state index contributed by atoms with van der Waals surface area (Å²) >= 11 is 0. The van der Waals surface area contributed by atoms with Gasteiger partial charge in [0.05, 0.1) is 7.11 Å². The lowest BCUT2D eigenvalue weighted by atomic mass is 10.1. The Morgan fingerprint density at radius 2 is 2.26 bits per heavy atom. The van der Waals surface area contributed by atoms with Crippen LogP contribution in [0.2, 0.25) is 0 Å². The molecule has 4 nitrogen and oxygen atoms in total. The van der Waals surface area contributed by atoms with Crippen molar-refractivity contribution in [3.05, 3.63) is 30.5 Å². The molecule has 2 aromatic rings. The molecule has 1 aromatic carbocycles. The topological polar surface area (TPSA) is 46.2 Å². The molecular formula is C15H19N3O. The molecule has 0 radical (unpaired) electrons. The molecule has 19 heavy (non-hydrogen) atoms. The lowest BCUT2D eigenvalue weighted by Crippen LogP contribution is -2.38. The Balaban J connectivity index is 1.94. The van der Waals surface area contributed by atoms with Crippen LogP contribution in [0.15, 0.2) is 30.5 Å². The number of pyridine rings is 1. The fraction of sp³-hybridized carbons (Fsp3) is 0.400. The summed E-state index contributed by atoms with van der Waals surface area (Å²) in [6, 6.07) is 8.53. The minimum atomic E-state index is 0.457. The number of benzene rings is 1. The van der Waals surface area contributed by atoms with Gasteiger partial charge in [-0.15, -0.1) is 0 Å². The summed E-state index contributed by atoms with van der Waals surface area (Å²) in [6.07, 6.45) is 4.24. The van der Waals surface area contributed by atoms with Gasteiger partial charge in [0.2, 0.25) is 0 Å². The number of nitrogens with one attached hydrogen (secondary N) is 2. The van der Waals surface area contributed by atoms with Crippen LogP contribution in [0.3, 0.4) is 0 Å². The molecule has 4 heteroatoms. The molecule has 0 bridgehead atoms. The predicted octanol–water partition coefficient (Wildman–Crippen LogP) is 2.41. The smallest absolute Gasteiger partial charge is 0.134 e. The Morgan fingerprint density at radius 1 is 1.32 bits per heavy atom. The molecule has 1 saturated heterocycles. The zero-order chi connectivity index (χ0) is 13.1. The highest BCUT2D eigenvalue weighted by Crippen LogP contribution is 2.29. The van der Waals surface area contributed by atoms with E-state index in [-0.39, 0.29) is 0 Å². The first-order valence-corrected chi connectivity index (χ1v) is 6.77. The summed E-state index contributed by atoms with van der Waals surface area (Å²) in [5.41, 5.74) is 0. The van der Waals surface area contributed by atoms with Crippen molar-refractivity contribution in [1.82, 2.24) is 10.3 Å². The number of ether oxygens (including phenoxy) is 1. The third kappa shape index (κ3) is 2.49. The average Bonchev–Trinajstić information content (AvgIpc) is 2.48. The fourth-order valence-electron chi connectivity index (χ4n) is 2.64. The van der Waals surface area contributed by atoms with Crippen molar-refractivity contribution < 1.29 is 4.74 Å². The van der Waals surface area contributed by atoms with Crippen molar-refractivity contribution in [1.29, 1.82) is 0 Å². The maximum absolute atomic E-state index is 5.40. The third-order valence-electron chi connectivity index (χ3n) is 3.62. The number of hydrogen-bond acceptors (Lipinski definition) is 4. The van der Waals surface area contributed by atoms with Gasteiger partial charge in [0, 0.05) is 29.6 Å². The minimum absolute atomic E-state index is 0.457. The van der Waals surface area contributed by atoms with Gasteiger partial charge in [-0.1, -0.05) is 12.1 Å². The quantitative estimate of drug-likeness (QED) is 0.886. The van der Waals surface area contributed by atoms with Gasteiger partial charge in [0.15, 0.2) is 0 Å². The Labute approximate surface area is 113 Å². The van der Waals surface area contributed by atoms with Gasteiger partial charge < -0.3 is 15.4 Å². The Hall–Kier alpha value is -1.81. The first-order chi connectivity index (χ1) is 9.38. The summed E-state index contributed by atoms with van der Waals surface area (Å²) in [4.78, 5) is 4.48. The SMILES string of the molecule is COc1cccc2c(NC3CCCNC3)nccc12. The molecule has 1 fully saturated rings. The van der Waals surface area contributed by atoms with Crippen molar-refractivity contribution in [2.24, 2.45) is 0 Å². The van der Waals surface area contributed by atoms with E-state index in [1.54, 1.807) is 7.11 Å². The van der Waals surface area contributed by atoms with Crippen LogP contribution in [-0.2, 0) is 0 Å². The summed E-state index contributed by atoms with van der Waals surface area (Å²) in [5, 5.41) is 9.18. The Bertz CT molecular complexity index is 564. The van der Waals surface area contributed by atoms with E-state index in [1.165, 1.54) is 12.8 Å².